The SMILES string of the molecule is C=COC(=O)CNC. The average molecular weight is 115 g/mol. The first-order valence-corrected chi connectivity index (χ1v) is 2.26. The molecule has 0 unspecified atom stereocenters. The van der Waals surface area contributed by atoms with Crippen molar-refractivity contribution in [3.63, 3.8) is 0 Å². The zero-order chi connectivity index (χ0) is 6.41. The maximum atomic E-state index is 10.3. The Labute approximate surface area is 48.3 Å². The van der Waals surface area contributed by atoms with Crippen molar-refractivity contribution in [1.82, 2.24) is 5.32 Å². The third-order valence-corrected chi connectivity index (χ3v) is 0.536. The standard InChI is InChI=1S/C5H9NO2/c1-3-8-5(7)4-6-2/h3,6H,1,4H2,2H3. The fraction of sp³-hybridized carbons (Fsp3) is 0.400. The molecule has 0 aliphatic rings. The van der Waals surface area contributed by atoms with E-state index in [0.717, 1.165) is 6.26 Å². The van der Waals surface area contributed by atoms with Crippen LogP contribution in [0.2, 0.25) is 0 Å². The number of hydrogen-bond acceptors (Lipinski definition) is 3. The molecule has 0 spiro atoms. The van der Waals surface area contributed by atoms with Crippen LogP contribution >= 0.6 is 0 Å². The lowest BCUT2D eigenvalue weighted by molar-refractivity contribution is -0.136. The lowest BCUT2D eigenvalue weighted by Gasteiger charge is -1.93. The number of nitrogens with one attached hydrogen (secondary N) is 1. The van der Waals surface area contributed by atoms with Gasteiger partial charge in [-0.15, -0.1) is 0 Å². The molecule has 0 saturated heterocycles. The second-order valence-corrected chi connectivity index (χ2v) is 1.19. The number of hydrogen-bond donors (Lipinski definition) is 1. The van der Waals surface area contributed by atoms with Gasteiger partial charge in [-0.25, -0.2) is 0 Å². The van der Waals surface area contributed by atoms with Crippen molar-refractivity contribution in [2.24, 2.45) is 0 Å². The van der Waals surface area contributed by atoms with Crippen molar-refractivity contribution in [3.05, 3.63) is 12.8 Å². The molecule has 3 nitrogen and oxygen atoms in total. The highest BCUT2D eigenvalue weighted by Gasteiger charge is 1.93. The Kier molecular flexibility index (Phi) is 3.88. The number of ether oxygens (including phenoxy) is 1. The molecule has 8 heavy (non-hydrogen) atoms. The highest BCUT2D eigenvalue weighted by atomic mass is 16.5. The smallest absolute Gasteiger partial charge is 0.324 e. The van der Waals surface area contributed by atoms with Crippen LogP contribution < -0.4 is 5.32 Å². The molecule has 3 heteroatoms. The first-order valence-electron chi connectivity index (χ1n) is 2.26. The summed E-state index contributed by atoms with van der Waals surface area (Å²) in [5.74, 6) is -0.317. The van der Waals surface area contributed by atoms with Gasteiger partial charge in [0.2, 0.25) is 0 Å². The van der Waals surface area contributed by atoms with Crippen LogP contribution in [0.5, 0.6) is 0 Å². The molecule has 0 bridgehead atoms. The molecule has 0 aliphatic heterocycles. The van der Waals surface area contributed by atoms with E-state index in [1.807, 2.05) is 0 Å². The zero-order valence-corrected chi connectivity index (χ0v) is 4.81. The summed E-state index contributed by atoms with van der Waals surface area (Å²) in [6, 6.07) is 0. The molecule has 0 aromatic carbocycles. The van der Waals surface area contributed by atoms with Crippen molar-refractivity contribution in [2.45, 2.75) is 0 Å². The van der Waals surface area contributed by atoms with Gasteiger partial charge < -0.3 is 10.1 Å². The minimum absolute atomic E-state index is 0.228. The van der Waals surface area contributed by atoms with Crippen LogP contribution in [0, 0.1) is 0 Å². The summed E-state index contributed by atoms with van der Waals surface area (Å²) in [6.07, 6.45) is 1.11. The molecule has 1 N–H and O–H groups in total. The van der Waals surface area contributed by atoms with E-state index >= 15 is 0 Å². The maximum Gasteiger partial charge on any atom is 0.324 e. The van der Waals surface area contributed by atoms with Crippen LogP contribution in [0.3, 0.4) is 0 Å². The fourth-order valence-corrected chi connectivity index (χ4v) is 0.279. The second kappa shape index (κ2) is 4.33. The fourth-order valence-electron chi connectivity index (χ4n) is 0.279. The van der Waals surface area contributed by atoms with Gasteiger partial charge >= 0.3 is 5.97 Å². The maximum absolute atomic E-state index is 10.3. The predicted octanol–water partition coefficient (Wildman–Crippen LogP) is -0.108. The zero-order valence-electron chi connectivity index (χ0n) is 4.81. The van der Waals surface area contributed by atoms with E-state index < -0.39 is 0 Å². The number of carbonyl (C=O) groups excluding carboxylic acids is 1. The van der Waals surface area contributed by atoms with Crippen LogP contribution in [0.1, 0.15) is 0 Å². The number of carbonyl (C=O) groups is 1. The Hall–Kier alpha value is -0.830. The molecule has 0 rings (SSSR count). The molecule has 46 valence electrons. The summed E-state index contributed by atoms with van der Waals surface area (Å²) in [6.45, 7) is 3.44. The first-order chi connectivity index (χ1) is 3.81. The summed E-state index contributed by atoms with van der Waals surface area (Å²) in [5, 5.41) is 2.63. The van der Waals surface area contributed by atoms with Crippen molar-refractivity contribution >= 4 is 5.97 Å². The third kappa shape index (κ3) is 3.36. The minimum atomic E-state index is -0.317. The summed E-state index contributed by atoms with van der Waals surface area (Å²) >= 11 is 0. The quantitative estimate of drug-likeness (QED) is 0.412. The van der Waals surface area contributed by atoms with E-state index in [1.54, 1.807) is 7.05 Å². The van der Waals surface area contributed by atoms with E-state index in [4.69, 9.17) is 0 Å². The highest BCUT2D eigenvalue weighted by molar-refractivity contribution is 5.72. The van der Waals surface area contributed by atoms with Crippen molar-refractivity contribution in [3.8, 4) is 0 Å². The summed E-state index contributed by atoms with van der Waals surface area (Å²) in [5.41, 5.74) is 0. The van der Waals surface area contributed by atoms with Gasteiger partial charge in [-0.05, 0) is 7.05 Å². The van der Waals surface area contributed by atoms with Gasteiger partial charge in [-0.2, -0.15) is 0 Å². The Morgan fingerprint density at radius 3 is 3.00 bits per heavy atom. The molecule has 0 saturated carbocycles. The van der Waals surface area contributed by atoms with Gasteiger partial charge in [-0.1, -0.05) is 6.58 Å². The lowest BCUT2D eigenvalue weighted by atomic mass is 10.7. The Balaban J connectivity index is 3.18. The molecular weight excluding hydrogens is 106 g/mol. The Morgan fingerprint density at radius 2 is 2.62 bits per heavy atom. The van der Waals surface area contributed by atoms with Gasteiger partial charge in [0.25, 0.3) is 0 Å². The van der Waals surface area contributed by atoms with Crippen LogP contribution in [-0.4, -0.2) is 19.6 Å². The Bertz CT molecular complexity index is 90.4. The van der Waals surface area contributed by atoms with Gasteiger partial charge in [0.1, 0.15) is 0 Å². The summed E-state index contributed by atoms with van der Waals surface area (Å²) in [7, 11) is 1.67. The molecule has 0 aliphatic carbocycles. The average Bonchev–Trinajstić information content (AvgIpc) is 1.68. The molecular formula is C5H9NO2. The molecule has 0 fully saturated rings. The molecule has 0 aromatic rings. The lowest BCUT2D eigenvalue weighted by Crippen LogP contribution is -2.18. The Morgan fingerprint density at radius 1 is 2.00 bits per heavy atom. The molecule has 0 amide bonds. The molecule has 0 radical (unpaired) electrons. The van der Waals surface area contributed by atoms with Gasteiger partial charge in [-0.3, -0.25) is 4.79 Å². The van der Waals surface area contributed by atoms with Gasteiger partial charge in [0, 0.05) is 0 Å². The van der Waals surface area contributed by atoms with E-state index in [9.17, 15) is 4.79 Å². The second-order valence-electron chi connectivity index (χ2n) is 1.19. The molecule has 0 aromatic heterocycles. The van der Waals surface area contributed by atoms with Crippen LogP contribution in [0.15, 0.2) is 12.8 Å². The number of likely N-dealkylation sites (N-methyl/N-ethyl adjacent to an activating group) is 1. The highest BCUT2D eigenvalue weighted by Crippen LogP contribution is 1.72. The topological polar surface area (TPSA) is 38.3 Å². The van der Waals surface area contributed by atoms with Gasteiger partial charge in [0.15, 0.2) is 0 Å². The molecule has 0 atom stereocenters. The van der Waals surface area contributed by atoms with Crippen molar-refractivity contribution in [2.75, 3.05) is 13.6 Å². The van der Waals surface area contributed by atoms with Crippen molar-refractivity contribution < 1.29 is 9.53 Å². The number of rotatable bonds is 3. The minimum Gasteiger partial charge on any atom is -0.434 e. The van der Waals surface area contributed by atoms with Crippen LogP contribution in [0.4, 0.5) is 0 Å². The first kappa shape index (κ1) is 7.17. The summed E-state index contributed by atoms with van der Waals surface area (Å²) in [4.78, 5) is 10.3. The number of esters is 1. The monoisotopic (exact) mass is 115 g/mol. The van der Waals surface area contributed by atoms with E-state index in [0.29, 0.717) is 0 Å². The van der Waals surface area contributed by atoms with Crippen molar-refractivity contribution in [1.29, 1.82) is 0 Å². The normalized spacial score (nSPS) is 8.12. The van der Waals surface area contributed by atoms with Crippen LogP contribution in [-0.2, 0) is 9.53 Å². The summed E-state index contributed by atoms with van der Waals surface area (Å²) < 4.78 is 4.34. The van der Waals surface area contributed by atoms with Gasteiger partial charge in [0.05, 0.1) is 12.8 Å². The molecule has 0 heterocycles. The van der Waals surface area contributed by atoms with E-state index in [2.05, 4.69) is 16.6 Å². The van der Waals surface area contributed by atoms with Crippen LogP contribution in [0.25, 0.3) is 0 Å². The van der Waals surface area contributed by atoms with E-state index in [-0.39, 0.29) is 12.5 Å². The van der Waals surface area contributed by atoms with E-state index in [1.165, 1.54) is 0 Å². The third-order valence-electron chi connectivity index (χ3n) is 0.536. The predicted molar refractivity (Wildman–Crippen MR) is 30.2 cm³/mol. The largest absolute Gasteiger partial charge is 0.434 e.